The third kappa shape index (κ3) is 6.82. The van der Waals surface area contributed by atoms with Crippen LogP contribution in [0.25, 0.3) is 0 Å². The van der Waals surface area contributed by atoms with Gasteiger partial charge in [0.25, 0.3) is 0 Å². The van der Waals surface area contributed by atoms with Crippen molar-refractivity contribution in [2.75, 3.05) is 33.3 Å². The predicted octanol–water partition coefficient (Wildman–Crippen LogP) is 2.16. The fourth-order valence-corrected chi connectivity index (χ4v) is 5.19. The summed E-state index contributed by atoms with van der Waals surface area (Å²) in [5.41, 5.74) is 11.7. The number of carbonyl (C=O) groups excluding carboxylic acids is 1. The van der Waals surface area contributed by atoms with Crippen LogP contribution in [-0.4, -0.2) is 55.6 Å². The monoisotopic (exact) mass is 489 g/mol. The van der Waals surface area contributed by atoms with Crippen LogP contribution in [-0.2, 0) is 20.7 Å². The lowest BCUT2D eigenvalue weighted by Gasteiger charge is -2.36. The van der Waals surface area contributed by atoms with Crippen molar-refractivity contribution >= 4 is 12.3 Å². The Morgan fingerprint density at radius 3 is 2.60 bits per heavy atom. The van der Waals surface area contributed by atoms with Crippen molar-refractivity contribution in [2.45, 2.75) is 59.6 Å². The van der Waals surface area contributed by atoms with E-state index in [0.717, 1.165) is 48.9 Å². The van der Waals surface area contributed by atoms with Gasteiger partial charge in [-0.15, -0.1) is 0 Å². The first kappa shape index (κ1) is 28.8. The van der Waals surface area contributed by atoms with E-state index in [9.17, 15) is 14.7 Å². The highest BCUT2D eigenvalue weighted by molar-refractivity contribution is 5.75. The Morgan fingerprint density at radius 1 is 1.34 bits per heavy atom. The van der Waals surface area contributed by atoms with Gasteiger partial charge >= 0.3 is 5.97 Å². The Morgan fingerprint density at radius 2 is 2.03 bits per heavy atom. The molecular formula is C26H43N5O4. The van der Waals surface area contributed by atoms with Gasteiger partial charge in [-0.3, -0.25) is 15.5 Å². The maximum Gasteiger partial charge on any atom is 0.312 e. The second-order valence-corrected chi connectivity index (χ2v) is 10.8. The molecule has 7 N–H and O–H groups in total. The van der Waals surface area contributed by atoms with Gasteiger partial charge in [0, 0.05) is 25.3 Å². The van der Waals surface area contributed by atoms with Crippen LogP contribution >= 0.6 is 0 Å². The number of nitrogens with zero attached hydrogens (tertiary/aromatic N) is 1. The summed E-state index contributed by atoms with van der Waals surface area (Å²) in [7, 11) is 1.93. The first-order valence-electron chi connectivity index (χ1n) is 12.1. The van der Waals surface area contributed by atoms with Crippen LogP contribution in [0, 0.1) is 17.8 Å². The maximum absolute atomic E-state index is 12.2. The number of hydrogen-bond acceptors (Lipinski definition) is 8. The molecule has 35 heavy (non-hydrogen) atoms. The molecule has 0 saturated heterocycles. The minimum atomic E-state index is -1.20. The molecule has 196 valence electrons. The summed E-state index contributed by atoms with van der Waals surface area (Å²) in [6.07, 6.45) is 3.30. The van der Waals surface area contributed by atoms with Crippen LogP contribution in [0.5, 0.6) is 0 Å². The topological polar surface area (TPSA) is 143 Å². The number of hydrogen-bond donors (Lipinski definition) is 5. The number of carboxylic acids is 1. The summed E-state index contributed by atoms with van der Waals surface area (Å²) in [4.78, 5) is 26.1. The zero-order valence-corrected chi connectivity index (χ0v) is 22.0. The molecule has 0 aliphatic heterocycles. The number of ether oxygens (including phenoxy) is 1. The van der Waals surface area contributed by atoms with Crippen molar-refractivity contribution in [3.05, 3.63) is 46.3 Å². The summed E-state index contributed by atoms with van der Waals surface area (Å²) in [5.74, 6) is 4.36. The molecule has 1 aromatic carbocycles. The molecule has 0 bridgehead atoms. The minimum absolute atomic E-state index is 0.0239. The highest BCUT2D eigenvalue weighted by atomic mass is 16.5. The van der Waals surface area contributed by atoms with Gasteiger partial charge in [0.05, 0.1) is 30.4 Å². The molecule has 0 fully saturated rings. The average Bonchev–Trinajstić information content (AvgIpc) is 3.21. The van der Waals surface area contributed by atoms with Gasteiger partial charge in [-0.1, -0.05) is 26.0 Å². The zero-order valence-electron chi connectivity index (χ0n) is 22.0. The third-order valence-electron chi connectivity index (χ3n) is 6.82. The molecule has 0 spiro atoms. The molecule has 1 aliphatic rings. The average molecular weight is 490 g/mol. The number of benzene rings is 1. The number of nitrogens with two attached hydrogens (primary N) is 2. The van der Waals surface area contributed by atoms with Gasteiger partial charge in [-0.05, 0) is 68.3 Å². The Hall–Kier alpha value is -2.46. The zero-order chi connectivity index (χ0) is 26.4. The van der Waals surface area contributed by atoms with E-state index < -0.39 is 17.5 Å². The number of fused-ring (bicyclic) bond motifs is 1. The van der Waals surface area contributed by atoms with Crippen molar-refractivity contribution < 1.29 is 19.4 Å². The molecule has 1 aromatic rings. The number of carboxylic acid groups (broad SMARTS) is 1. The highest BCUT2D eigenvalue weighted by Crippen LogP contribution is 2.46. The van der Waals surface area contributed by atoms with Crippen molar-refractivity contribution in [1.29, 1.82) is 0 Å². The molecule has 0 aromatic heterocycles. The van der Waals surface area contributed by atoms with E-state index in [-0.39, 0.29) is 18.1 Å². The van der Waals surface area contributed by atoms with Crippen LogP contribution in [0.1, 0.15) is 68.5 Å². The van der Waals surface area contributed by atoms with Gasteiger partial charge in [-0.25, -0.2) is 0 Å². The fourth-order valence-electron chi connectivity index (χ4n) is 5.19. The minimum Gasteiger partial charge on any atom is -0.481 e. The van der Waals surface area contributed by atoms with Crippen LogP contribution in [0.4, 0.5) is 0 Å². The highest BCUT2D eigenvalue weighted by Gasteiger charge is 2.42. The number of aryl methyl sites for hydroxylation is 1. The Bertz CT molecular complexity index is 929. The van der Waals surface area contributed by atoms with Gasteiger partial charge in [0.15, 0.2) is 0 Å². The quantitative estimate of drug-likeness (QED) is 0.151. The number of rotatable bonds is 14. The van der Waals surface area contributed by atoms with Crippen LogP contribution < -0.4 is 22.3 Å². The van der Waals surface area contributed by atoms with Crippen LogP contribution in [0.3, 0.4) is 0 Å². The van der Waals surface area contributed by atoms with Crippen molar-refractivity contribution in [3.8, 4) is 0 Å². The third-order valence-corrected chi connectivity index (χ3v) is 6.82. The Kier molecular flexibility index (Phi) is 9.85. The van der Waals surface area contributed by atoms with Crippen molar-refractivity contribution in [3.63, 3.8) is 0 Å². The molecule has 9 nitrogen and oxygen atoms in total. The lowest BCUT2D eigenvalue weighted by molar-refractivity contribution is -0.156. The van der Waals surface area contributed by atoms with E-state index in [2.05, 4.69) is 36.4 Å². The van der Waals surface area contributed by atoms with E-state index >= 15 is 0 Å². The van der Waals surface area contributed by atoms with Gasteiger partial charge in [0.2, 0.25) is 0 Å². The first-order chi connectivity index (χ1) is 16.4. The Balaban J connectivity index is 2.53. The van der Waals surface area contributed by atoms with E-state index in [4.69, 9.17) is 16.3 Å². The molecule has 0 saturated carbocycles. The number of carbonyl (C=O) groups is 2. The summed E-state index contributed by atoms with van der Waals surface area (Å²) in [5, 5.41) is 13.3. The van der Waals surface area contributed by atoms with Gasteiger partial charge in [0.1, 0.15) is 6.29 Å². The molecule has 0 amide bonds. The second-order valence-electron chi connectivity index (χ2n) is 10.8. The SMILES string of the molecule is CNCC(C)(C)CN(CC=O)C1CCc2c(C(OC/C(N)=C/NN)C(C)(C)C(=O)O)ccc(C)c21. The number of aldehydes is 1. The number of aliphatic carboxylic acids is 1. The lowest BCUT2D eigenvalue weighted by Crippen LogP contribution is -2.42. The Labute approximate surface area is 209 Å². The van der Waals surface area contributed by atoms with Crippen LogP contribution in [0.15, 0.2) is 24.0 Å². The molecule has 0 radical (unpaired) electrons. The molecule has 1 aliphatic carbocycles. The first-order valence-corrected chi connectivity index (χ1v) is 12.1. The lowest BCUT2D eigenvalue weighted by atomic mass is 9.79. The van der Waals surface area contributed by atoms with E-state index in [0.29, 0.717) is 12.2 Å². The summed E-state index contributed by atoms with van der Waals surface area (Å²) in [6, 6.07) is 4.08. The molecule has 9 heteroatoms. The van der Waals surface area contributed by atoms with Crippen molar-refractivity contribution in [1.82, 2.24) is 15.6 Å². The summed E-state index contributed by atoms with van der Waals surface area (Å²) in [6.45, 7) is 11.7. The molecule has 2 unspecified atom stereocenters. The predicted molar refractivity (Wildman–Crippen MR) is 137 cm³/mol. The van der Waals surface area contributed by atoms with Gasteiger partial charge < -0.3 is 31.1 Å². The molecule has 2 atom stereocenters. The molecular weight excluding hydrogens is 446 g/mol. The number of hydrazine groups is 1. The van der Waals surface area contributed by atoms with Gasteiger partial charge in [-0.2, -0.15) is 0 Å². The fraction of sp³-hybridized carbons (Fsp3) is 0.615. The largest absolute Gasteiger partial charge is 0.481 e. The van der Waals surface area contributed by atoms with E-state index in [1.807, 2.05) is 19.2 Å². The van der Waals surface area contributed by atoms with Crippen molar-refractivity contribution in [2.24, 2.45) is 22.4 Å². The van der Waals surface area contributed by atoms with Crippen LogP contribution in [0.2, 0.25) is 0 Å². The summed E-state index contributed by atoms with van der Waals surface area (Å²) >= 11 is 0. The molecule has 0 heterocycles. The normalized spacial score (nSPS) is 17.4. The molecule has 2 rings (SSSR count). The summed E-state index contributed by atoms with van der Waals surface area (Å²) < 4.78 is 6.14. The number of nitrogens with one attached hydrogen (secondary N) is 2. The van der Waals surface area contributed by atoms with E-state index in [1.165, 1.54) is 11.8 Å². The van der Waals surface area contributed by atoms with E-state index in [1.54, 1.807) is 13.8 Å². The maximum atomic E-state index is 12.2. The smallest absolute Gasteiger partial charge is 0.312 e. The second kappa shape index (κ2) is 12.0. The standard InChI is InChI=1S/C26H43N5O4/c1-17-7-8-20(23(26(4,5)24(33)34)35-14-18(27)13-30-28)19-9-10-21(22(17)19)31(11-12-32)16-25(2,3)15-29-6/h7-8,12-13,21,23,29-30H,9-11,14-16,27-28H2,1-6H3,(H,33,34)/b18-13-.